The lowest BCUT2D eigenvalue weighted by molar-refractivity contribution is -0.143. The Morgan fingerprint density at radius 1 is 1.33 bits per heavy atom. The molecule has 0 saturated heterocycles. The van der Waals surface area contributed by atoms with E-state index in [0.29, 0.717) is 23.8 Å². The molecule has 11 heteroatoms. The molecule has 4 rings (SSSR count). The van der Waals surface area contributed by atoms with Crippen molar-refractivity contribution in [2.75, 3.05) is 23.6 Å². The number of hydrogen-bond donors (Lipinski definition) is 3. The Kier molecular flexibility index (Phi) is 8.26. The van der Waals surface area contributed by atoms with Crippen molar-refractivity contribution < 1.29 is 23.1 Å². The first-order chi connectivity index (χ1) is 18.3. The summed E-state index contributed by atoms with van der Waals surface area (Å²) in [6.45, 7) is 11.7. The minimum Gasteiger partial charge on any atom is -0.392 e. The van der Waals surface area contributed by atoms with Crippen LogP contribution >= 0.6 is 11.3 Å². The van der Waals surface area contributed by atoms with Crippen LogP contribution in [0.3, 0.4) is 0 Å². The summed E-state index contributed by atoms with van der Waals surface area (Å²) in [5.41, 5.74) is 1.14. The number of carbonyl (C=O) groups is 2. The average molecular weight is 575 g/mol. The van der Waals surface area contributed by atoms with Crippen LogP contribution in [-0.2, 0) is 26.0 Å². The molecule has 9 nitrogen and oxygen atoms in total. The standard InChI is InChI=1S/C28H38N4O5S2/c1-7-14-32(6)26(35)16(2)21-12-13-28(5)15-22-24(17(3)23(28)25(21)34)30-27(38-22)31-39(36,37)20-10-8-19(9-11-20)29-18(4)33/h7-11,16-17,21,23,25,34H,1,12-15H2,2-6H3,(H,29,33)(H,30,31). The number of fused-ring (bicyclic) bond motifs is 2. The van der Waals surface area contributed by atoms with Crippen LogP contribution in [0, 0.1) is 23.2 Å². The Morgan fingerprint density at radius 3 is 2.62 bits per heavy atom. The Hall–Kier alpha value is -2.76. The zero-order valence-electron chi connectivity index (χ0n) is 23.1. The summed E-state index contributed by atoms with van der Waals surface area (Å²) in [7, 11) is -2.13. The minimum atomic E-state index is -3.88. The van der Waals surface area contributed by atoms with Gasteiger partial charge in [0, 0.05) is 42.9 Å². The van der Waals surface area contributed by atoms with Crippen LogP contribution < -0.4 is 10.0 Å². The largest absolute Gasteiger partial charge is 0.392 e. The van der Waals surface area contributed by atoms with Crippen LogP contribution in [0.4, 0.5) is 10.8 Å². The summed E-state index contributed by atoms with van der Waals surface area (Å²) in [4.78, 5) is 31.7. The summed E-state index contributed by atoms with van der Waals surface area (Å²) >= 11 is 1.34. The van der Waals surface area contributed by atoms with Crippen molar-refractivity contribution in [3.63, 3.8) is 0 Å². The number of rotatable bonds is 8. The van der Waals surface area contributed by atoms with Crippen molar-refractivity contribution in [2.45, 2.75) is 63.9 Å². The number of aliphatic hydroxyl groups is 1. The van der Waals surface area contributed by atoms with E-state index in [9.17, 15) is 23.1 Å². The Bertz CT molecular complexity index is 1360. The summed E-state index contributed by atoms with van der Waals surface area (Å²) in [5.74, 6) is -0.921. The lowest BCUT2D eigenvalue weighted by atomic mass is 9.53. The number of likely N-dealkylation sites (N-methyl/N-ethyl adjacent to an activating group) is 1. The van der Waals surface area contributed by atoms with Gasteiger partial charge in [-0.05, 0) is 60.8 Å². The number of nitrogens with zero attached hydrogens (tertiary/aromatic N) is 2. The molecule has 39 heavy (non-hydrogen) atoms. The van der Waals surface area contributed by atoms with Crippen LogP contribution in [0.2, 0.25) is 0 Å². The number of carbonyl (C=O) groups excluding carboxylic acids is 2. The topological polar surface area (TPSA) is 129 Å². The third-order valence-corrected chi connectivity index (χ3v) is 10.9. The highest BCUT2D eigenvalue weighted by atomic mass is 32.2. The lowest BCUT2D eigenvalue weighted by Gasteiger charge is -2.53. The van der Waals surface area contributed by atoms with E-state index in [1.807, 2.05) is 13.8 Å². The molecule has 1 saturated carbocycles. The molecule has 2 aliphatic rings. The molecular weight excluding hydrogens is 536 g/mol. The van der Waals surface area contributed by atoms with Gasteiger partial charge in [-0.2, -0.15) is 0 Å². The highest BCUT2D eigenvalue weighted by Crippen LogP contribution is 2.57. The fourth-order valence-electron chi connectivity index (χ4n) is 6.50. The second-order valence-corrected chi connectivity index (χ2v) is 14.0. The molecule has 1 aromatic carbocycles. The number of anilines is 2. The molecule has 0 bridgehead atoms. The first-order valence-electron chi connectivity index (χ1n) is 13.2. The summed E-state index contributed by atoms with van der Waals surface area (Å²) in [6.07, 6.45) is 3.33. The van der Waals surface area contributed by atoms with Crippen molar-refractivity contribution in [3.8, 4) is 0 Å². The number of sulfonamides is 1. The monoisotopic (exact) mass is 574 g/mol. The van der Waals surface area contributed by atoms with Crippen LogP contribution in [0.5, 0.6) is 0 Å². The molecule has 6 atom stereocenters. The van der Waals surface area contributed by atoms with Gasteiger partial charge in [-0.3, -0.25) is 14.3 Å². The molecule has 0 spiro atoms. The molecule has 0 radical (unpaired) electrons. The fraction of sp³-hybridized carbons (Fsp3) is 0.536. The highest BCUT2D eigenvalue weighted by molar-refractivity contribution is 7.93. The van der Waals surface area contributed by atoms with Gasteiger partial charge in [-0.1, -0.05) is 26.8 Å². The number of thiazole rings is 1. The van der Waals surface area contributed by atoms with E-state index < -0.39 is 16.1 Å². The van der Waals surface area contributed by atoms with E-state index >= 15 is 0 Å². The number of hydrogen-bond acceptors (Lipinski definition) is 7. The molecule has 3 N–H and O–H groups in total. The van der Waals surface area contributed by atoms with Gasteiger partial charge in [-0.15, -0.1) is 17.9 Å². The zero-order chi connectivity index (χ0) is 28.7. The van der Waals surface area contributed by atoms with Gasteiger partial charge in [0.25, 0.3) is 10.0 Å². The summed E-state index contributed by atoms with van der Waals surface area (Å²) < 4.78 is 28.7. The highest BCUT2D eigenvalue weighted by Gasteiger charge is 2.54. The lowest BCUT2D eigenvalue weighted by Crippen LogP contribution is -2.53. The maximum absolute atomic E-state index is 13.1. The van der Waals surface area contributed by atoms with E-state index in [-0.39, 0.29) is 45.8 Å². The van der Waals surface area contributed by atoms with Crippen LogP contribution in [-0.4, -0.2) is 54.9 Å². The Morgan fingerprint density at radius 2 is 2.00 bits per heavy atom. The van der Waals surface area contributed by atoms with Crippen LogP contribution in [0.15, 0.2) is 41.8 Å². The Balaban J connectivity index is 1.54. The second-order valence-electron chi connectivity index (χ2n) is 11.3. The van der Waals surface area contributed by atoms with Crippen molar-refractivity contribution in [2.24, 2.45) is 23.2 Å². The normalized spacial score (nSPS) is 27.0. The third kappa shape index (κ3) is 5.76. The second kappa shape index (κ2) is 11.0. The molecule has 2 amide bonds. The molecule has 1 fully saturated rings. The number of benzene rings is 1. The molecule has 2 aliphatic carbocycles. The van der Waals surface area contributed by atoms with Gasteiger partial charge in [0.15, 0.2) is 5.13 Å². The van der Waals surface area contributed by atoms with Gasteiger partial charge < -0.3 is 15.3 Å². The predicted molar refractivity (Wildman–Crippen MR) is 153 cm³/mol. The first kappa shape index (κ1) is 29.2. The number of amides is 2. The van der Waals surface area contributed by atoms with E-state index in [1.165, 1.54) is 42.5 Å². The van der Waals surface area contributed by atoms with Crippen LogP contribution in [0.25, 0.3) is 0 Å². The molecule has 212 valence electrons. The van der Waals surface area contributed by atoms with Crippen molar-refractivity contribution in [1.29, 1.82) is 0 Å². The molecule has 1 aromatic heterocycles. The van der Waals surface area contributed by atoms with E-state index in [2.05, 4.69) is 28.5 Å². The van der Waals surface area contributed by atoms with Gasteiger partial charge in [0.2, 0.25) is 11.8 Å². The van der Waals surface area contributed by atoms with Crippen molar-refractivity contribution >= 4 is 44.0 Å². The van der Waals surface area contributed by atoms with Crippen LogP contribution in [0.1, 0.15) is 57.0 Å². The minimum absolute atomic E-state index is 0.00200. The number of nitrogens with one attached hydrogen (secondary N) is 2. The number of aliphatic hydroxyl groups excluding tert-OH is 1. The average Bonchev–Trinajstić information content (AvgIpc) is 3.24. The summed E-state index contributed by atoms with van der Waals surface area (Å²) in [6, 6.07) is 5.94. The fourth-order valence-corrected chi connectivity index (χ4v) is 9.00. The smallest absolute Gasteiger partial charge is 0.263 e. The maximum atomic E-state index is 13.1. The first-order valence-corrected chi connectivity index (χ1v) is 15.5. The third-order valence-electron chi connectivity index (χ3n) is 8.44. The molecule has 1 heterocycles. The molecular formula is C28H38N4O5S2. The Labute approximate surface area is 234 Å². The van der Waals surface area contributed by atoms with E-state index in [1.54, 1.807) is 18.0 Å². The van der Waals surface area contributed by atoms with Gasteiger partial charge >= 0.3 is 0 Å². The van der Waals surface area contributed by atoms with Gasteiger partial charge in [0.1, 0.15) is 0 Å². The summed E-state index contributed by atoms with van der Waals surface area (Å²) in [5, 5.41) is 14.5. The quantitative estimate of drug-likeness (QED) is 0.405. The predicted octanol–water partition coefficient (Wildman–Crippen LogP) is 4.24. The molecule has 2 aromatic rings. The van der Waals surface area contributed by atoms with Gasteiger partial charge in [0.05, 0.1) is 16.7 Å². The number of aromatic nitrogens is 1. The SMILES string of the molecule is C=CCN(C)C(=O)C(C)C1CCC2(C)Cc3sc(NS(=O)(=O)c4ccc(NC(C)=O)cc4)nc3C(C)C2C1O. The van der Waals surface area contributed by atoms with Crippen molar-refractivity contribution in [1.82, 2.24) is 9.88 Å². The maximum Gasteiger partial charge on any atom is 0.263 e. The van der Waals surface area contributed by atoms with Gasteiger partial charge in [-0.25, -0.2) is 13.4 Å². The van der Waals surface area contributed by atoms with Crippen molar-refractivity contribution in [3.05, 3.63) is 47.5 Å². The zero-order valence-corrected chi connectivity index (χ0v) is 24.7. The van der Waals surface area contributed by atoms with E-state index in [4.69, 9.17) is 0 Å². The molecule has 0 aliphatic heterocycles. The van der Waals surface area contributed by atoms with E-state index in [0.717, 1.165) is 23.4 Å². The molecule has 6 unspecified atom stereocenters.